The monoisotopic (exact) mass is 268 g/mol. The maximum absolute atomic E-state index is 12.0. The minimum Gasteiger partial charge on any atom is -0.314 e. The SMILES string of the molecule is CC(N)(C(=O)NS(=O)(=O)C1CC1)c1ccccc1. The average molecular weight is 268 g/mol. The van der Waals surface area contributed by atoms with Gasteiger partial charge in [-0.3, -0.25) is 9.52 Å². The van der Waals surface area contributed by atoms with Gasteiger partial charge in [-0.25, -0.2) is 8.42 Å². The molecule has 0 bridgehead atoms. The number of nitrogens with two attached hydrogens (primary N) is 1. The van der Waals surface area contributed by atoms with Gasteiger partial charge in [0, 0.05) is 0 Å². The molecule has 1 unspecified atom stereocenters. The maximum Gasteiger partial charge on any atom is 0.257 e. The molecule has 0 heterocycles. The number of nitrogens with one attached hydrogen (secondary N) is 1. The number of benzene rings is 1. The third kappa shape index (κ3) is 2.54. The summed E-state index contributed by atoms with van der Waals surface area (Å²) in [4.78, 5) is 12.0. The van der Waals surface area contributed by atoms with Gasteiger partial charge in [0.25, 0.3) is 5.91 Å². The molecule has 5 nitrogen and oxygen atoms in total. The Bertz CT molecular complexity index is 548. The van der Waals surface area contributed by atoms with Gasteiger partial charge in [0.1, 0.15) is 5.54 Å². The van der Waals surface area contributed by atoms with E-state index in [4.69, 9.17) is 5.73 Å². The molecule has 3 N–H and O–H groups in total. The van der Waals surface area contributed by atoms with Crippen molar-refractivity contribution < 1.29 is 13.2 Å². The van der Waals surface area contributed by atoms with Gasteiger partial charge in [-0.05, 0) is 25.3 Å². The number of carbonyl (C=O) groups is 1. The first-order valence-electron chi connectivity index (χ1n) is 5.74. The fourth-order valence-corrected chi connectivity index (χ4v) is 3.01. The van der Waals surface area contributed by atoms with Crippen molar-refractivity contribution in [2.45, 2.75) is 30.6 Å². The van der Waals surface area contributed by atoms with Crippen molar-refractivity contribution in [2.75, 3.05) is 0 Å². The van der Waals surface area contributed by atoms with Crippen LogP contribution in [-0.4, -0.2) is 19.6 Å². The molecule has 1 atom stereocenters. The predicted molar refractivity (Wildman–Crippen MR) is 68.1 cm³/mol. The van der Waals surface area contributed by atoms with E-state index < -0.39 is 26.7 Å². The quantitative estimate of drug-likeness (QED) is 0.830. The summed E-state index contributed by atoms with van der Waals surface area (Å²) in [7, 11) is -3.56. The van der Waals surface area contributed by atoms with E-state index in [0.29, 0.717) is 18.4 Å². The van der Waals surface area contributed by atoms with Crippen molar-refractivity contribution in [1.29, 1.82) is 0 Å². The Labute approximate surface area is 106 Å². The van der Waals surface area contributed by atoms with E-state index in [-0.39, 0.29) is 0 Å². The number of rotatable bonds is 4. The number of carbonyl (C=O) groups excluding carboxylic acids is 1. The standard InChI is InChI=1S/C12H16N2O3S/c1-12(13,9-5-3-2-4-6-9)11(15)14-18(16,17)10-7-8-10/h2-6,10H,7-8,13H2,1H3,(H,14,15). The van der Waals surface area contributed by atoms with Crippen LogP contribution in [0.15, 0.2) is 30.3 Å². The van der Waals surface area contributed by atoms with E-state index in [1.807, 2.05) is 0 Å². The molecule has 1 amide bonds. The zero-order chi connectivity index (χ0) is 13.4. The van der Waals surface area contributed by atoms with Crippen LogP contribution < -0.4 is 10.5 Å². The van der Waals surface area contributed by atoms with Gasteiger partial charge in [0.15, 0.2) is 0 Å². The van der Waals surface area contributed by atoms with Crippen molar-refractivity contribution in [1.82, 2.24) is 4.72 Å². The fraction of sp³-hybridized carbons (Fsp3) is 0.417. The van der Waals surface area contributed by atoms with E-state index in [9.17, 15) is 13.2 Å². The third-order valence-corrected chi connectivity index (χ3v) is 4.86. The lowest BCUT2D eigenvalue weighted by molar-refractivity contribution is -0.124. The van der Waals surface area contributed by atoms with Crippen LogP contribution in [0.2, 0.25) is 0 Å². The van der Waals surface area contributed by atoms with E-state index in [0.717, 1.165) is 0 Å². The topological polar surface area (TPSA) is 89.3 Å². The molecule has 18 heavy (non-hydrogen) atoms. The lowest BCUT2D eigenvalue weighted by atomic mass is 9.93. The first kappa shape index (κ1) is 13.0. The molecule has 0 saturated heterocycles. The molecule has 1 fully saturated rings. The van der Waals surface area contributed by atoms with Gasteiger partial charge in [-0.15, -0.1) is 0 Å². The summed E-state index contributed by atoms with van der Waals surface area (Å²) < 4.78 is 25.5. The number of hydrogen-bond acceptors (Lipinski definition) is 4. The number of sulfonamides is 1. The van der Waals surface area contributed by atoms with Crippen molar-refractivity contribution >= 4 is 15.9 Å². The highest BCUT2D eigenvalue weighted by molar-refractivity contribution is 7.90. The van der Waals surface area contributed by atoms with Gasteiger partial charge < -0.3 is 5.73 Å². The zero-order valence-electron chi connectivity index (χ0n) is 10.1. The van der Waals surface area contributed by atoms with E-state index in [1.165, 1.54) is 6.92 Å². The molecule has 1 aliphatic carbocycles. The Morgan fingerprint density at radius 1 is 1.33 bits per heavy atom. The van der Waals surface area contributed by atoms with Gasteiger partial charge in [-0.2, -0.15) is 0 Å². The first-order chi connectivity index (χ1) is 8.34. The fourth-order valence-electron chi connectivity index (χ4n) is 1.61. The van der Waals surface area contributed by atoms with E-state index in [1.54, 1.807) is 30.3 Å². The molecule has 0 aromatic heterocycles. The molecular weight excluding hydrogens is 252 g/mol. The van der Waals surface area contributed by atoms with Crippen molar-refractivity contribution in [3.8, 4) is 0 Å². The molecule has 1 aliphatic rings. The minimum absolute atomic E-state index is 0.437. The molecule has 1 aromatic rings. The molecule has 0 spiro atoms. The highest BCUT2D eigenvalue weighted by atomic mass is 32.2. The Kier molecular flexibility index (Phi) is 3.16. The van der Waals surface area contributed by atoms with Crippen LogP contribution in [0.1, 0.15) is 25.3 Å². The van der Waals surface area contributed by atoms with E-state index in [2.05, 4.69) is 4.72 Å². The summed E-state index contributed by atoms with van der Waals surface area (Å²) in [6.45, 7) is 1.50. The van der Waals surface area contributed by atoms with E-state index >= 15 is 0 Å². The molecule has 98 valence electrons. The Balaban J connectivity index is 2.18. The summed E-state index contributed by atoms with van der Waals surface area (Å²) in [6, 6.07) is 8.71. The molecule has 0 aliphatic heterocycles. The highest BCUT2D eigenvalue weighted by Crippen LogP contribution is 2.28. The van der Waals surface area contributed by atoms with Crippen LogP contribution in [0.5, 0.6) is 0 Å². The van der Waals surface area contributed by atoms with Crippen LogP contribution in [0.3, 0.4) is 0 Å². The van der Waals surface area contributed by atoms with Gasteiger partial charge in [-0.1, -0.05) is 30.3 Å². The van der Waals surface area contributed by atoms with Crippen LogP contribution in [0.25, 0.3) is 0 Å². The predicted octanol–water partition coefficient (Wildman–Crippen LogP) is 0.469. The van der Waals surface area contributed by atoms with Gasteiger partial charge in [0.05, 0.1) is 5.25 Å². The first-order valence-corrected chi connectivity index (χ1v) is 7.29. The lowest BCUT2D eigenvalue weighted by Gasteiger charge is -2.23. The summed E-state index contributed by atoms with van der Waals surface area (Å²) in [5.41, 5.74) is 5.15. The van der Waals surface area contributed by atoms with Crippen molar-refractivity contribution in [3.05, 3.63) is 35.9 Å². The third-order valence-electron chi connectivity index (χ3n) is 3.04. The van der Waals surface area contributed by atoms with Crippen LogP contribution in [0.4, 0.5) is 0 Å². The zero-order valence-corrected chi connectivity index (χ0v) is 10.9. The second-order valence-electron chi connectivity index (χ2n) is 4.74. The normalized spacial score (nSPS) is 19.0. The average Bonchev–Trinajstić information content (AvgIpc) is 3.13. The largest absolute Gasteiger partial charge is 0.314 e. The Morgan fingerprint density at radius 2 is 1.89 bits per heavy atom. The second-order valence-corrected chi connectivity index (χ2v) is 6.70. The van der Waals surface area contributed by atoms with Crippen LogP contribution >= 0.6 is 0 Å². The maximum atomic E-state index is 12.0. The molecule has 0 radical (unpaired) electrons. The number of hydrogen-bond donors (Lipinski definition) is 2. The highest BCUT2D eigenvalue weighted by Gasteiger charge is 2.40. The molecule has 6 heteroatoms. The summed E-state index contributed by atoms with van der Waals surface area (Å²) >= 11 is 0. The second kappa shape index (κ2) is 4.37. The molecule has 2 rings (SSSR count). The summed E-state index contributed by atoms with van der Waals surface area (Å²) in [6.07, 6.45) is 1.21. The summed E-state index contributed by atoms with van der Waals surface area (Å²) in [5, 5.41) is -0.437. The molecule has 1 saturated carbocycles. The molecular formula is C12H16N2O3S. The number of amides is 1. The Morgan fingerprint density at radius 3 is 2.39 bits per heavy atom. The molecule has 1 aromatic carbocycles. The van der Waals surface area contributed by atoms with Crippen molar-refractivity contribution in [3.63, 3.8) is 0 Å². The minimum atomic E-state index is -3.56. The van der Waals surface area contributed by atoms with Crippen LogP contribution in [-0.2, 0) is 20.4 Å². The van der Waals surface area contributed by atoms with Gasteiger partial charge >= 0.3 is 0 Å². The smallest absolute Gasteiger partial charge is 0.257 e. The van der Waals surface area contributed by atoms with Crippen LogP contribution in [0, 0.1) is 0 Å². The summed E-state index contributed by atoms with van der Waals surface area (Å²) in [5.74, 6) is -0.694. The van der Waals surface area contributed by atoms with Gasteiger partial charge in [0.2, 0.25) is 10.0 Å². The van der Waals surface area contributed by atoms with Crippen molar-refractivity contribution in [2.24, 2.45) is 5.73 Å². The Hall–Kier alpha value is -1.40. The lowest BCUT2D eigenvalue weighted by Crippen LogP contribution is -2.51.